The van der Waals surface area contributed by atoms with Crippen LogP contribution in [0.5, 0.6) is 0 Å². The molecule has 0 bridgehead atoms. The average Bonchev–Trinajstić information content (AvgIpc) is 1.79. The van der Waals surface area contributed by atoms with Crippen LogP contribution in [-0.2, 0) is 4.79 Å². The van der Waals surface area contributed by atoms with Gasteiger partial charge in [0.15, 0.2) is 5.41 Å². The number of carbonyl (C=O) groups is 1. The summed E-state index contributed by atoms with van der Waals surface area (Å²) in [5.74, 6) is -0.566. The molecule has 54 valence electrons. The van der Waals surface area contributed by atoms with Crippen LogP contribution in [-0.4, -0.2) is 11.1 Å². The lowest BCUT2D eigenvalue weighted by molar-refractivity contribution is -0.152. The number of hydrogen-bond donors (Lipinski definition) is 1. The summed E-state index contributed by atoms with van der Waals surface area (Å²) >= 11 is 0. The van der Waals surface area contributed by atoms with E-state index < -0.39 is 11.4 Å². The molecule has 10 heavy (non-hydrogen) atoms. The van der Waals surface area contributed by atoms with Crippen LogP contribution in [0.1, 0.15) is 19.8 Å². The van der Waals surface area contributed by atoms with Crippen molar-refractivity contribution in [3.05, 3.63) is 0 Å². The number of aliphatic carboxylic acids is 1. The highest BCUT2D eigenvalue weighted by Crippen LogP contribution is 2.44. The summed E-state index contributed by atoms with van der Waals surface area (Å²) in [7, 11) is 0. The molecular formula is C7H9NO2. The van der Waals surface area contributed by atoms with Crippen LogP contribution in [0, 0.1) is 22.7 Å². The van der Waals surface area contributed by atoms with E-state index in [-0.39, 0.29) is 0 Å². The number of nitriles is 1. The Morgan fingerprint density at radius 1 is 1.80 bits per heavy atom. The van der Waals surface area contributed by atoms with Crippen molar-refractivity contribution in [3.63, 3.8) is 0 Å². The predicted molar refractivity (Wildman–Crippen MR) is 34.1 cm³/mol. The van der Waals surface area contributed by atoms with Crippen LogP contribution < -0.4 is 0 Å². The van der Waals surface area contributed by atoms with E-state index in [0.29, 0.717) is 18.8 Å². The smallest absolute Gasteiger partial charge is 0.324 e. The van der Waals surface area contributed by atoms with Crippen LogP contribution in [0.3, 0.4) is 0 Å². The highest BCUT2D eigenvalue weighted by Gasteiger charge is 2.49. The molecule has 1 N–H and O–H groups in total. The molecular weight excluding hydrogens is 130 g/mol. The summed E-state index contributed by atoms with van der Waals surface area (Å²) in [5, 5.41) is 17.1. The maximum Gasteiger partial charge on any atom is 0.324 e. The van der Waals surface area contributed by atoms with Crippen molar-refractivity contribution in [2.24, 2.45) is 11.3 Å². The fourth-order valence-corrected chi connectivity index (χ4v) is 1.44. The van der Waals surface area contributed by atoms with Crippen molar-refractivity contribution < 1.29 is 9.90 Å². The van der Waals surface area contributed by atoms with Crippen molar-refractivity contribution >= 4 is 5.97 Å². The van der Waals surface area contributed by atoms with E-state index >= 15 is 0 Å². The normalized spacial score (nSPS) is 37.8. The first-order valence-corrected chi connectivity index (χ1v) is 3.25. The zero-order chi connectivity index (χ0) is 7.78. The quantitative estimate of drug-likeness (QED) is 0.589. The Kier molecular flexibility index (Phi) is 1.40. The molecule has 3 heteroatoms. The highest BCUT2D eigenvalue weighted by molar-refractivity contribution is 5.79. The Hall–Kier alpha value is -1.04. The second-order valence-corrected chi connectivity index (χ2v) is 3.01. The summed E-state index contributed by atoms with van der Waals surface area (Å²) in [6.07, 6.45) is 1.03. The fraction of sp³-hybridized carbons (Fsp3) is 0.714. The van der Waals surface area contributed by atoms with Gasteiger partial charge < -0.3 is 5.11 Å². The molecule has 1 aliphatic carbocycles. The van der Waals surface area contributed by atoms with Crippen LogP contribution in [0.15, 0.2) is 0 Å². The second kappa shape index (κ2) is 1.98. The zero-order valence-electron chi connectivity index (χ0n) is 5.79. The Labute approximate surface area is 59.3 Å². The number of carboxylic acids is 1. The van der Waals surface area contributed by atoms with Gasteiger partial charge in [0.05, 0.1) is 6.07 Å². The molecule has 0 aliphatic heterocycles. The molecule has 0 aromatic heterocycles. The van der Waals surface area contributed by atoms with Crippen LogP contribution >= 0.6 is 0 Å². The van der Waals surface area contributed by atoms with Crippen LogP contribution in [0.25, 0.3) is 0 Å². The molecule has 0 unspecified atom stereocenters. The maximum absolute atomic E-state index is 10.5. The summed E-state index contributed by atoms with van der Waals surface area (Å²) < 4.78 is 0. The molecule has 0 aromatic carbocycles. The molecule has 1 saturated carbocycles. The molecule has 0 radical (unpaired) electrons. The average molecular weight is 139 g/mol. The van der Waals surface area contributed by atoms with Crippen molar-refractivity contribution in [3.8, 4) is 6.07 Å². The van der Waals surface area contributed by atoms with Crippen molar-refractivity contribution in [1.82, 2.24) is 0 Å². The number of nitrogens with zero attached hydrogens (tertiary/aromatic N) is 1. The Morgan fingerprint density at radius 2 is 2.30 bits per heavy atom. The van der Waals surface area contributed by atoms with Gasteiger partial charge in [-0.1, -0.05) is 6.92 Å². The van der Waals surface area contributed by atoms with Gasteiger partial charge >= 0.3 is 5.97 Å². The molecule has 0 spiro atoms. The number of hydrogen-bond acceptors (Lipinski definition) is 2. The van der Waals surface area contributed by atoms with E-state index in [4.69, 9.17) is 10.4 Å². The predicted octanol–water partition coefficient (Wildman–Crippen LogP) is 1.01. The lowest BCUT2D eigenvalue weighted by Crippen LogP contribution is -2.41. The molecule has 0 saturated heterocycles. The van der Waals surface area contributed by atoms with Gasteiger partial charge in [-0.25, -0.2) is 0 Å². The Morgan fingerprint density at radius 3 is 2.40 bits per heavy atom. The lowest BCUT2D eigenvalue weighted by Gasteiger charge is -2.36. The minimum Gasteiger partial charge on any atom is -0.480 e. The van der Waals surface area contributed by atoms with Gasteiger partial charge in [-0.2, -0.15) is 5.26 Å². The first kappa shape index (κ1) is 7.07. The van der Waals surface area contributed by atoms with Gasteiger partial charge in [0.25, 0.3) is 0 Å². The van der Waals surface area contributed by atoms with Crippen molar-refractivity contribution in [2.75, 3.05) is 0 Å². The Bertz CT molecular complexity index is 198. The molecule has 0 heterocycles. The molecule has 3 nitrogen and oxygen atoms in total. The molecule has 1 fully saturated rings. The highest BCUT2D eigenvalue weighted by atomic mass is 16.4. The van der Waals surface area contributed by atoms with E-state index in [1.54, 1.807) is 0 Å². The summed E-state index contributed by atoms with van der Waals surface area (Å²) in [5.41, 5.74) is -1.04. The molecule has 1 rings (SSSR count). The van der Waals surface area contributed by atoms with Gasteiger partial charge in [-0.15, -0.1) is 0 Å². The number of rotatable bonds is 1. The maximum atomic E-state index is 10.5. The third-order valence-corrected chi connectivity index (χ3v) is 2.02. The topological polar surface area (TPSA) is 61.1 Å². The third kappa shape index (κ3) is 0.766. The first-order chi connectivity index (χ1) is 4.60. The monoisotopic (exact) mass is 139 g/mol. The fourth-order valence-electron chi connectivity index (χ4n) is 1.44. The largest absolute Gasteiger partial charge is 0.480 e. The van der Waals surface area contributed by atoms with Crippen LogP contribution in [0.4, 0.5) is 0 Å². The molecule has 0 aromatic rings. The van der Waals surface area contributed by atoms with Crippen LogP contribution in [0.2, 0.25) is 0 Å². The molecule has 0 amide bonds. The van der Waals surface area contributed by atoms with Gasteiger partial charge in [0, 0.05) is 0 Å². The third-order valence-electron chi connectivity index (χ3n) is 2.02. The van der Waals surface area contributed by atoms with E-state index in [9.17, 15) is 4.79 Å². The molecule has 1 aliphatic rings. The lowest BCUT2D eigenvalue weighted by atomic mass is 9.64. The first-order valence-electron chi connectivity index (χ1n) is 3.25. The second-order valence-electron chi connectivity index (χ2n) is 3.01. The summed E-state index contributed by atoms with van der Waals surface area (Å²) in [6.45, 7) is 1.96. The van der Waals surface area contributed by atoms with Crippen molar-refractivity contribution in [1.29, 1.82) is 5.26 Å². The SMILES string of the molecule is CC1CC(C#N)(C(=O)O)C1. The minimum atomic E-state index is -1.04. The van der Waals surface area contributed by atoms with Gasteiger partial charge in [-0.3, -0.25) is 4.79 Å². The van der Waals surface area contributed by atoms with E-state index in [1.165, 1.54) is 0 Å². The van der Waals surface area contributed by atoms with Gasteiger partial charge in [0.2, 0.25) is 0 Å². The molecule has 0 atom stereocenters. The standard InChI is InChI=1S/C7H9NO2/c1-5-2-7(3-5,4-8)6(9)10/h5H,2-3H2,1H3,(H,9,10). The van der Waals surface area contributed by atoms with E-state index in [2.05, 4.69) is 0 Å². The summed E-state index contributed by atoms with van der Waals surface area (Å²) in [6, 6.07) is 1.85. The van der Waals surface area contributed by atoms with Gasteiger partial charge in [-0.05, 0) is 18.8 Å². The number of carboxylic acid groups (broad SMARTS) is 1. The summed E-state index contributed by atoms with van der Waals surface area (Å²) in [4.78, 5) is 10.5. The minimum absolute atomic E-state index is 0.399. The zero-order valence-corrected chi connectivity index (χ0v) is 5.79. The Balaban J connectivity index is 2.68. The van der Waals surface area contributed by atoms with E-state index in [0.717, 1.165) is 0 Å². The van der Waals surface area contributed by atoms with Gasteiger partial charge in [0.1, 0.15) is 0 Å². The van der Waals surface area contributed by atoms with E-state index in [1.807, 2.05) is 13.0 Å². The van der Waals surface area contributed by atoms with Crippen molar-refractivity contribution in [2.45, 2.75) is 19.8 Å².